The molecule has 14 heteroatoms. The van der Waals surface area contributed by atoms with Crippen LogP contribution in [-0.2, 0) is 33.2 Å². The molecule has 2 aliphatic rings. The molecule has 0 aromatic rings. The SMILES string of the molecule is CC/C=C\C/C=C\C/C=C\C/C=C\C/C=C\C/C=C\CCCCCCCOCC(COC1OC(COC2OC(CO)C(O)C(O)C2O)C(O)C(O)C1O)OC(=O)CCCCCCCCCCC/C=C\CCCCCCCCCC. The van der Waals surface area contributed by atoms with Crippen molar-refractivity contribution in [3.8, 4) is 0 Å². The number of carbonyl (C=O) groups excluding carboxylic acids is 1. The quantitative estimate of drug-likeness (QED) is 0.0172. The summed E-state index contributed by atoms with van der Waals surface area (Å²) < 4.78 is 34.4. The number of esters is 1. The van der Waals surface area contributed by atoms with E-state index in [4.69, 9.17) is 28.4 Å². The molecule has 0 aromatic heterocycles. The van der Waals surface area contributed by atoms with E-state index >= 15 is 0 Å². The second kappa shape index (κ2) is 50.9. The number of aliphatic hydroxyl groups excluding tert-OH is 7. The first-order valence-corrected chi connectivity index (χ1v) is 31.2. The highest BCUT2D eigenvalue weighted by atomic mass is 16.7. The Hall–Kier alpha value is -2.83. The molecule has 14 nitrogen and oxygen atoms in total. The van der Waals surface area contributed by atoms with Crippen LogP contribution >= 0.6 is 0 Å². The average Bonchev–Trinajstić information content (AvgIpc) is 3.46. The zero-order chi connectivity index (χ0) is 57.2. The molecule has 0 bridgehead atoms. The zero-order valence-electron chi connectivity index (χ0n) is 49.1. The standard InChI is InChI=1S/C65H112O14/c1-3-5-7-9-11-13-15-17-19-21-23-25-26-27-29-31-33-35-37-39-41-43-45-47-49-74-51-54(52-75-64-63(73)61(71)59(69)56(79-64)53-76-65-62(72)60(70)58(68)55(50-66)78-65)77-57(67)48-46-44-42-40-38-36-34-32-30-28-24-22-20-18-16-14-12-10-8-6-4-2/h5,7,11,13,17,19,22-25,27,29,33,35,54-56,58-66,68-73H,3-4,6,8-10,12,14-16,18,20-21,26,28,30-32,34,36-53H2,1-2H3/b7-5-,13-11-,19-17-,24-22-,25-23-,29-27-,35-33-. The van der Waals surface area contributed by atoms with Crippen LogP contribution in [0.5, 0.6) is 0 Å². The molecule has 0 spiro atoms. The van der Waals surface area contributed by atoms with Crippen molar-refractivity contribution in [3.05, 3.63) is 85.1 Å². The van der Waals surface area contributed by atoms with Crippen LogP contribution in [0.15, 0.2) is 85.1 Å². The van der Waals surface area contributed by atoms with Gasteiger partial charge in [-0.05, 0) is 89.9 Å². The van der Waals surface area contributed by atoms with Crippen LogP contribution < -0.4 is 0 Å². The number of hydrogen-bond donors (Lipinski definition) is 7. The third kappa shape index (κ3) is 37.1. The fraction of sp³-hybridized carbons (Fsp3) is 0.769. The molecule has 0 amide bonds. The second-order valence-electron chi connectivity index (χ2n) is 21.5. The molecular formula is C65H112O14. The lowest BCUT2D eigenvalue weighted by molar-refractivity contribution is -0.332. The normalized spacial score (nSPS) is 24.6. The smallest absolute Gasteiger partial charge is 0.306 e. The van der Waals surface area contributed by atoms with Crippen molar-refractivity contribution in [1.82, 2.24) is 0 Å². The van der Waals surface area contributed by atoms with Crippen LogP contribution in [-0.4, -0.2) is 142 Å². The van der Waals surface area contributed by atoms with Gasteiger partial charge in [-0.15, -0.1) is 0 Å². The largest absolute Gasteiger partial charge is 0.457 e. The van der Waals surface area contributed by atoms with Crippen LogP contribution in [0.2, 0.25) is 0 Å². The van der Waals surface area contributed by atoms with E-state index in [2.05, 4.69) is 98.9 Å². The first-order valence-electron chi connectivity index (χ1n) is 31.2. The molecule has 79 heavy (non-hydrogen) atoms. The summed E-state index contributed by atoms with van der Waals surface area (Å²) in [6, 6.07) is 0. The topological polar surface area (TPSA) is 214 Å². The molecule has 2 fully saturated rings. The van der Waals surface area contributed by atoms with E-state index in [-0.39, 0.29) is 25.6 Å². The number of unbranched alkanes of at least 4 members (excludes halogenated alkanes) is 22. The zero-order valence-corrected chi connectivity index (χ0v) is 49.1. The molecule has 11 atom stereocenters. The molecule has 7 N–H and O–H groups in total. The highest BCUT2D eigenvalue weighted by Gasteiger charge is 2.47. The van der Waals surface area contributed by atoms with Gasteiger partial charge in [-0.25, -0.2) is 0 Å². The minimum absolute atomic E-state index is 0.0433. The minimum Gasteiger partial charge on any atom is -0.457 e. The van der Waals surface area contributed by atoms with Gasteiger partial charge < -0.3 is 64.2 Å². The highest BCUT2D eigenvalue weighted by Crippen LogP contribution is 2.27. The number of aliphatic hydroxyl groups is 7. The molecule has 0 radical (unpaired) electrons. The summed E-state index contributed by atoms with van der Waals surface area (Å²) in [6.45, 7) is 3.53. The molecule has 2 aliphatic heterocycles. The van der Waals surface area contributed by atoms with Crippen LogP contribution in [0.4, 0.5) is 0 Å². The first-order chi connectivity index (χ1) is 38.6. The summed E-state index contributed by atoms with van der Waals surface area (Å²) in [6.07, 6.45) is 50.7. The van der Waals surface area contributed by atoms with Gasteiger partial charge in [-0.2, -0.15) is 0 Å². The predicted octanol–water partition coefficient (Wildman–Crippen LogP) is 12.0. The van der Waals surface area contributed by atoms with Crippen molar-refractivity contribution in [2.24, 2.45) is 0 Å². The Morgan fingerprint density at radius 3 is 1.30 bits per heavy atom. The molecule has 2 rings (SSSR count). The van der Waals surface area contributed by atoms with Gasteiger partial charge in [0.15, 0.2) is 12.6 Å². The summed E-state index contributed by atoms with van der Waals surface area (Å²) in [5.41, 5.74) is 0. The van der Waals surface area contributed by atoms with Crippen molar-refractivity contribution >= 4 is 5.97 Å². The summed E-state index contributed by atoms with van der Waals surface area (Å²) in [4.78, 5) is 13.1. The van der Waals surface area contributed by atoms with Crippen LogP contribution in [0.1, 0.15) is 219 Å². The van der Waals surface area contributed by atoms with E-state index in [1.165, 1.54) is 96.3 Å². The molecular weight excluding hydrogens is 1000 g/mol. The van der Waals surface area contributed by atoms with Gasteiger partial charge >= 0.3 is 5.97 Å². The number of rotatable bonds is 50. The lowest BCUT2D eigenvalue weighted by atomic mass is 9.98. The van der Waals surface area contributed by atoms with Crippen LogP contribution in [0.25, 0.3) is 0 Å². The van der Waals surface area contributed by atoms with Crippen molar-refractivity contribution in [2.45, 2.75) is 287 Å². The van der Waals surface area contributed by atoms with Gasteiger partial charge in [0.05, 0.1) is 26.4 Å². The molecule has 0 saturated carbocycles. The Labute approximate surface area is 478 Å². The van der Waals surface area contributed by atoms with Crippen molar-refractivity contribution in [2.75, 3.05) is 33.0 Å². The lowest BCUT2D eigenvalue weighted by Crippen LogP contribution is -2.61. The monoisotopic (exact) mass is 1120 g/mol. The number of carbonyl (C=O) groups is 1. The maximum Gasteiger partial charge on any atom is 0.306 e. The number of hydrogen-bond acceptors (Lipinski definition) is 14. The van der Waals surface area contributed by atoms with Gasteiger partial charge in [0.25, 0.3) is 0 Å². The molecule has 11 unspecified atom stereocenters. The minimum atomic E-state index is -1.72. The van der Waals surface area contributed by atoms with Crippen molar-refractivity contribution < 1.29 is 69.0 Å². The maximum atomic E-state index is 13.1. The Morgan fingerprint density at radius 1 is 0.430 bits per heavy atom. The van der Waals surface area contributed by atoms with Gasteiger partial charge in [0.1, 0.15) is 54.9 Å². The second-order valence-corrected chi connectivity index (χ2v) is 21.5. The maximum absolute atomic E-state index is 13.1. The van der Waals surface area contributed by atoms with E-state index in [0.717, 1.165) is 96.3 Å². The Morgan fingerprint density at radius 2 is 0.823 bits per heavy atom. The van der Waals surface area contributed by atoms with E-state index in [1.807, 2.05) is 0 Å². The fourth-order valence-corrected chi connectivity index (χ4v) is 9.40. The third-order valence-electron chi connectivity index (χ3n) is 14.4. The third-order valence-corrected chi connectivity index (χ3v) is 14.4. The summed E-state index contributed by atoms with van der Waals surface area (Å²) >= 11 is 0. The molecule has 456 valence electrons. The van der Waals surface area contributed by atoms with Gasteiger partial charge in [-0.1, -0.05) is 208 Å². The van der Waals surface area contributed by atoms with Crippen molar-refractivity contribution in [3.63, 3.8) is 0 Å². The molecule has 0 aromatic carbocycles. The Kier molecular flexibility index (Phi) is 46.5. The lowest BCUT2D eigenvalue weighted by Gasteiger charge is -2.42. The van der Waals surface area contributed by atoms with E-state index in [0.29, 0.717) is 13.0 Å². The summed E-state index contributed by atoms with van der Waals surface area (Å²) in [5.74, 6) is -0.387. The van der Waals surface area contributed by atoms with Gasteiger partial charge in [0, 0.05) is 13.0 Å². The highest BCUT2D eigenvalue weighted by molar-refractivity contribution is 5.69. The summed E-state index contributed by atoms with van der Waals surface area (Å²) in [5, 5.41) is 72.5. The molecule has 2 heterocycles. The molecule has 2 saturated heterocycles. The number of allylic oxidation sites excluding steroid dienone is 14. The van der Waals surface area contributed by atoms with E-state index < -0.39 is 80.7 Å². The first kappa shape index (κ1) is 72.3. The van der Waals surface area contributed by atoms with Crippen LogP contribution in [0.3, 0.4) is 0 Å². The fourth-order valence-electron chi connectivity index (χ4n) is 9.40. The summed E-state index contributed by atoms with van der Waals surface area (Å²) in [7, 11) is 0. The van der Waals surface area contributed by atoms with E-state index in [9.17, 15) is 40.5 Å². The average molecular weight is 1120 g/mol. The predicted molar refractivity (Wildman–Crippen MR) is 316 cm³/mol. The van der Waals surface area contributed by atoms with Crippen LogP contribution in [0, 0.1) is 0 Å². The Balaban J connectivity index is 1.71. The van der Waals surface area contributed by atoms with E-state index in [1.54, 1.807) is 0 Å². The van der Waals surface area contributed by atoms with Crippen molar-refractivity contribution in [1.29, 1.82) is 0 Å². The Bertz CT molecular complexity index is 1630. The van der Waals surface area contributed by atoms with Gasteiger partial charge in [-0.3, -0.25) is 4.79 Å². The number of ether oxygens (including phenoxy) is 6. The van der Waals surface area contributed by atoms with Gasteiger partial charge in [0.2, 0.25) is 0 Å². The molecule has 0 aliphatic carbocycles.